The van der Waals surface area contributed by atoms with Gasteiger partial charge in [0.15, 0.2) is 0 Å². The van der Waals surface area contributed by atoms with Crippen molar-refractivity contribution in [2.24, 2.45) is 0 Å². The van der Waals surface area contributed by atoms with E-state index < -0.39 is 0 Å². The fraction of sp³-hybridized carbons (Fsp3) is 0.0952. The number of hydrogen-bond donors (Lipinski definition) is 3. The molecule has 2 amide bonds. The molecule has 0 saturated carbocycles. The predicted molar refractivity (Wildman–Crippen MR) is 112 cm³/mol. The lowest BCUT2D eigenvalue weighted by Gasteiger charge is -2.10. The van der Waals surface area contributed by atoms with Crippen LogP contribution in [0.25, 0.3) is 0 Å². The van der Waals surface area contributed by atoms with Gasteiger partial charge in [-0.05, 0) is 61.0 Å². The van der Waals surface area contributed by atoms with Crippen LogP contribution in [0.3, 0.4) is 0 Å². The van der Waals surface area contributed by atoms with Gasteiger partial charge in [-0.3, -0.25) is 9.59 Å². The van der Waals surface area contributed by atoms with Crippen LogP contribution in [-0.4, -0.2) is 16.8 Å². The molecule has 28 heavy (non-hydrogen) atoms. The highest BCUT2D eigenvalue weighted by Gasteiger charge is 2.09. The van der Waals surface area contributed by atoms with Gasteiger partial charge in [-0.25, -0.2) is 4.98 Å². The summed E-state index contributed by atoms with van der Waals surface area (Å²) in [5, 5.41) is 9.37. The summed E-state index contributed by atoms with van der Waals surface area (Å²) in [6.45, 7) is 3.38. The molecule has 142 valence electrons. The number of amides is 2. The molecular formula is C21H19ClN4O2. The van der Waals surface area contributed by atoms with Crippen molar-refractivity contribution in [1.82, 2.24) is 4.98 Å². The fourth-order valence-electron chi connectivity index (χ4n) is 2.60. The minimum atomic E-state index is -0.339. The maximum Gasteiger partial charge on any atom is 0.274 e. The lowest BCUT2D eigenvalue weighted by atomic mass is 10.2. The standard InChI is InChI=1S/C21H19ClN4O2/c1-13-10-15(22)6-8-19(13)25-18-7-9-20(23-12-18)21(28)26-17-5-3-4-16(11-17)24-14(2)27/h3-12,25H,1-2H3,(H,24,27)(H,26,28). The first-order chi connectivity index (χ1) is 13.4. The Morgan fingerprint density at radius 3 is 2.32 bits per heavy atom. The Labute approximate surface area is 168 Å². The number of nitrogens with zero attached hydrogens (tertiary/aromatic N) is 1. The Bertz CT molecular complexity index is 1020. The molecule has 7 heteroatoms. The lowest BCUT2D eigenvalue weighted by Crippen LogP contribution is -2.14. The molecule has 3 N–H and O–H groups in total. The summed E-state index contributed by atoms with van der Waals surface area (Å²) in [6.07, 6.45) is 1.59. The Hall–Kier alpha value is -3.38. The molecule has 0 unspecified atom stereocenters. The van der Waals surface area contributed by atoms with Crippen LogP contribution in [0.4, 0.5) is 22.7 Å². The molecule has 0 aliphatic rings. The van der Waals surface area contributed by atoms with Gasteiger partial charge >= 0.3 is 0 Å². The number of pyridine rings is 1. The molecule has 1 heterocycles. The Morgan fingerprint density at radius 2 is 1.68 bits per heavy atom. The Kier molecular flexibility index (Phi) is 5.91. The number of carbonyl (C=O) groups excluding carboxylic acids is 2. The molecule has 0 fully saturated rings. The Morgan fingerprint density at radius 1 is 0.929 bits per heavy atom. The van der Waals surface area contributed by atoms with Crippen LogP contribution in [0, 0.1) is 6.92 Å². The van der Waals surface area contributed by atoms with Gasteiger partial charge in [-0.2, -0.15) is 0 Å². The summed E-state index contributed by atoms with van der Waals surface area (Å²) in [5.74, 6) is -0.515. The van der Waals surface area contributed by atoms with Gasteiger partial charge in [0.25, 0.3) is 5.91 Å². The first kappa shape index (κ1) is 19.4. The van der Waals surface area contributed by atoms with Crippen LogP contribution in [0.1, 0.15) is 23.0 Å². The molecule has 6 nitrogen and oxygen atoms in total. The third-order valence-electron chi connectivity index (χ3n) is 3.90. The van der Waals surface area contributed by atoms with Gasteiger partial charge in [0.2, 0.25) is 5.91 Å². The van der Waals surface area contributed by atoms with Crippen molar-refractivity contribution in [3.05, 3.63) is 77.1 Å². The molecule has 0 radical (unpaired) electrons. The smallest absolute Gasteiger partial charge is 0.274 e. The molecular weight excluding hydrogens is 376 g/mol. The monoisotopic (exact) mass is 394 g/mol. The van der Waals surface area contributed by atoms with Crippen LogP contribution in [0.5, 0.6) is 0 Å². The zero-order chi connectivity index (χ0) is 20.1. The van der Waals surface area contributed by atoms with Crippen LogP contribution in [-0.2, 0) is 4.79 Å². The molecule has 0 spiro atoms. The normalized spacial score (nSPS) is 10.2. The molecule has 2 aromatic carbocycles. The number of benzene rings is 2. The first-order valence-corrected chi connectivity index (χ1v) is 8.97. The number of nitrogens with one attached hydrogen (secondary N) is 3. The number of aromatic nitrogens is 1. The summed E-state index contributed by atoms with van der Waals surface area (Å²) in [4.78, 5) is 27.8. The summed E-state index contributed by atoms with van der Waals surface area (Å²) in [6, 6.07) is 15.9. The summed E-state index contributed by atoms with van der Waals surface area (Å²) in [7, 11) is 0. The van der Waals surface area contributed by atoms with E-state index >= 15 is 0 Å². The third kappa shape index (κ3) is 5.08. The molecule has 0 atom stereocenters. The summed E-state index contributed by atoms with van der Waals surface area (Å²) in [5.41, 5.74) is 4.14. The van der Waals surface area contributed by atoms with Crippen LogP contribution >= 0.6 is 11.6 Å². The minimum absolute atomic E-state index is 0.177. The van der Waals surface area contributed by atoms with Crippen LogP contribution in [0.15, 0.2) is 60.8 Å². The van der Waals surface area contributed by atoms with Crippen molar-refractivity contribution < 1.29 is 9.59 Å². The van der Waals surface area contributed by atoms with Crippen molar-refractivity contribution in [2.75, 3.05) is 16.0 Å². The molecule has 3 rings (SSSR count). The topological polar surface area (TPSA) is 83.1 Å². The maximum absolute atomic E-state index is 12.4. The van der Waals surface area contributed by atoms with Crippen molar-refractivity contribution >= 4 is 46.2 Å². The summed E-state index contributed by atoms with van der Waals surface area (Å²) < 4.78 is 0. The average Bonchev–Trinajstić information content (AvgIpc) is 2.64. The highest BCUT2D eigenvalue weighted by Crippen LogP contribution is 2.23. The van der Waals surface area contributed by atoms with Gasteiger partial charge in [0.05, 0.1) is 11.9 Å². The lowest BCUT2D eigenvalue weighted by molar-refractivity contribution is -0.114. The second kappa shape index (κ2) is 8.54. The number of halogens is 1. The number of rotatable bonds is 5. The van der Waals surface area contributed by atoms with E-state index in [1.165, 1.54) is 6.92 Å². The zero-order valence-electron chi connectivity index (χ0n) is 15.4. The van der Waals surface area contributed by atoms with E-state index in [0.717, 1.165) is 16.9 Å². The van der Waals surface area contributed by atoms with Crippen molar-refractivity contribution in [1.29, 1.82) is 0 Å². The molecule has 0 aliphatic carbocycles. The van der Waals surface area contributed by atoms with Gasteiger partial charge in [-0.15, -0.1) is 0 Å². The van der Waals surface area contributed by atoms with E-state index in [4.69, 9.17) is 11.6 Å². The highest BCUT2D eigenvalue weighted by atomic mass is 35.5. The van der Waals surface area contributed by atoms with Crippen molar-refractivity contribution in [2.45, 2.75) is 13.8 Å². The predicted octanol–water partition coefficient (Wildman–Crippen LogP) is 5.00. The van der Waals surface area contributed by atoms with Gasteiger partial charge < -0.3 is 16.0 Å². The number of anilines is 4. The highest BCUT2D eigenvalue weighted by molar-refractivity contribution is 6.30. The first-order valence-electron chi connectivity index (χ1n) is 8.59. The second-order valence-corrected chi connectivity index (χ2v) is 6.67. The van der Waals surface area contributed by atoms with Gasteiger partial charge in [-0.1, -0.05) is 17.7 Å². The van der Waals surface area contributed by atoms with Crippen molar-refractivity contribution in [3.63, 3.8) is 0 Å². The molecule has 0 bridgehead atoms. The SMILES string of the molecule is CC(=O)Nc1cccc(NC(=O)c2ccc(Nc3ccc(Cl)cc3C)cn2)c1. The second-order valence-electron chi connectivity index (χ2n) is 6.23. The zero-order valence-corrected chi connectivity index (χ0v) is 16.2. The number of carbonyl (C=O) groups is 2. The number of aryl methyl sites for hydroxylation is 1. The molecule has 0 aliphatic heterocycles. The average molecular weight is 395 g/mol. The van der Waals surface area contributed by atoms with E-state index in [0.29, 0.717) is 16.4 Å². The molecule has 0 saturated heterocycles. The molecule has 3 aromatic rings. The van der Waals surface area contributed by atoms with Crippen LogP contribution in [0.2, 0.25) is 5.02 Å². The van der Waals surface area contributed by atoms with Gasteiger partial charge in [0.1, 0.15) is 5.69 Å². The number of hydrogen-bond acceptors (Lipinski definition) is 4. The fourth-order valence-corrected chi connectivity index (χ4v) is 2.82. The van der Waals surface area contributed by atoms with E-state index in [9.17, 15) is 9.59 Å². The largest absolute Gasteiger partial charge is 0.354 e. The summed E-state index contributed by atoms with van der Waals surface area (Å²) >= 11 is 5.97. The van der Waals surface area contributed by atoms with E-state index in [1.54, 1.807) is 48.7 Å². The van der Waals surface area contributed by atoms with E-state index in [1.807, 2.05) is 19.1 Å². The molecule has 1 aromatic heterocycles. The maximum atomic E-state index is 12.4. The van der Waals surface area contributed by atoms with Crippen molar-refractivity contribution in [3.8, 4) is 0 Å². The van der Waals surface area contributed by atoms with Crippen LogP contribution < -0.4 is 16.0 Å². The van der Waals surface area contributed by atoms with E-state index in [-0.39, 0.29) is 17.5 Å². The van der Waals surface area contributed by atoms with Gasteiger partial charge in [0, 0.05) is 29.0 Å². The Balaban J connectivity index is 1.67. The van der Waals surface area contributed by atoms with E-state index in [2.05, 4.69) is 20.9 Å². The third-order valence-corrected chi connectivity index (χ3v) is 4.14. The quantitative estimate of drug-likeness (QED) is 0.568. The minimum Gasteiger partial charge on any atom is -0.354 e.